The Hall–Kier alpha value is -4.49. The maximum Gasteiger partial charge on any atom is 0.270 e. The number of hydrogen-bond acceptors (Lipinski definition) is 11. The predicted octanol–water partition coefficient (Wildman–Crippen LogP) is 0.508. The average Bonchev–Trinajstić information content (AvgIpc) is 2.90. The number of anilines is 1. The number of benzene rings is 2. The number of ketones is 4. The number of fused-ring (bicyclic) bond motifs is 3. The van der Waals surface area contributed by atoms with Crippen molar-refractivity contribution in [3.63, 3.8) is 0 Å². The van der Waals surface area contributed by atoms with Gasteiger partial charge in [-0.2, -0.15) is 0 Å². The number of phenolic OH excluding ortho intramolecular Hbond substituents is 1. The molecule has 2 aromatic carbocycles. The molecule has 2 fully saturated rings. The second-order valence-electron chi connectivity index (χ2n) is 11.6. The maximum atomic E-state index is 14.1. The van der Waals surface area contributed by atoms with Gasteiger partial charge in [0.05, 0.1) is 22.4 Å². The minimum atomic E-state index is -2.82. The zero-order valence-corrected chi connectivity index (χ0v) is 23.4. The summed E-state index contributed by atoms with van der Waals surface area (Å²) in [5.41, 5.74) is 3.45. The number of nitro groups is 1. The number of rotatable bonds is 5. The van der Waals surface area contributed by atoms with Crippen LogP contribution >= 0.6 is 0 Å². The summed E-state index contributed by atoms with van der Waals surface area (Å²) in [5.74, 6) is -11.5. The molecule has 6 atom stereocenters. The summed E-state index contributed by atoms with van der Waals surface area (Å²) in [6, 6.07) is 5.92. The van der Waals surface area contributed by atoms with Gasteiger partial charge in [-0.05, 0) is 50.0 Å². The lowest BCUT2D eigenvalue weighted by Crippen LogP contribution is -2.74. The molecule has 4 N–H and O–H groups in total. The van der Waals surface area contributed by atoms with Crippen molar-refractivity contribution in [3.05, 3.63) is 51.6 Å². The first-order valence-corrected chi connectivity index (χ1v) is 13.3. The molecule has 3 aliphatic rings. The van der Waals surface area contributed by atoms with Crippen LogP contribution in [0.1, 0.15) is 22.3 Å². The Bertz CT molecular complexity index is 1600. The molecule has 5 rings (SSSR count). The number of nitro benzene ring substituents is 1. The first kappa shape index (κ1) is 29.0. The summed E-state index contributed by atoms with van der Waals surface area (Å²) in [5, 5.41) is 34.5. The highest BCUT2D eigenvalue weighted by atomic mass is 16.6. The fraction of sp³-hybridized carbons (Fsp3) is 0.414. The summed E-state index contributed by atoms with van der Waals surface area (Å²) in [6.07, 6.45) is 0.0340. The average molecular weight is 579 g/mol. The molecule has 13 nitrogen and oxygen atoms in total. The molecule has 0 aliphatic heterocycles. The summed E-state index contributed by atoms with van der Waals surface area (Å²) < 4.78 is 0. The number of carbonyl (C=O) groups is 5. The van der Waals surface area contributed by atoms with Gasteiger partial charge in [0.2, 0.25) is 5.91 Å². The van der Waals surface area contributed by atoms with Crippen LogP contribution in [0.25, 0.3) is 11.1 Å². The number of nitrogens with two attached hydrogens (primary N) is 1. The highest BCUT2D eigenvalue weighted by Crippen LogP contribution is 2.53. The molecule has 3 aliphatic carbocycles. The van der Waals surface area contributed by atoms with Gasteiger partial charge in [0.25, 0.3) is 5.69 Å². The predicted molar refractivity (Wildman–Crippen MR) is 148 cm³/mol. The summed E-state index contributed by atoms with van der Waals surface area (Å²) in [4.78, 5) is 81.0. The molecular weight excluding hydrogens is 548 g/mol. The third-order valence-corrected chi connectivity index (χ3v) is 8.89. The molecule has 42 heavy (non-hydrogen) atoms. The van der Waals surface area contributed by atoms with Crippen LogP contribution in [0, 0.1) is 33.8 Å². The van der Waals surface area contributed by atoms with Crippen LogP contribution < -0.4 is 10.6 Å². The number of carbonyl (C=O) groups excluding carboxylic acids is 5. The van der Waals surface area contributed by atoms with E-state index in [1.165, 1.54) is 43.3 Å². The quantitative estimate of drug-likeness (QED) is 0.253. The Morgan fingerprint density at radius 2 is 1.76 bits per heavy atom. The SMILES string of the molecule is CN(C)c1cc(-c2cccc([N+](=O)[O-])c2)c(O)c2c1C[C@H]1C[C@H]3[C@H](N(C)C)C(=O)C(C(N)=O)C(=O)[C@@]3(O)C(=O)C1C2=O. The van der Waals surface area contributed by atoms with Crippen molar-refractivity contribution in [2.45, 2.75) is 24.5 Å². The van der Waals surface area contributed by atoms with Crippen LogP contribution in [0.15, 0.2) is 30.3 Å². The van der Waals surface area contributed by atoms with E-state index in [1.807, 2.05) is 0 Å². The van der Waals surface area contributed by atoms with Gasteiger partial charge in [-0.1, -0.05) is 12.1 Å². The molecule has 2 aromatic rings. The van der Waals surface area contributed by atoms with Gasteiger partial charge in [0, 0.05) is 43.4 Å². The van der Waals surface area contributed by atoms with Crippen molar-refractivity contribution in [2.24, 2.45) is 29.4 Å². The van der Waals surface area contributed by atoms with Crippen molar-refractivity contribution in [2.75, 3.05) is 33.1 Å². The normalized spacial score (nSPS) is 28.7. The van der Waals surface area contributed by atoms with Crippen LogP contribution in [0.4, 0.5) is 11.4 Å². The molecule has 2 saturated carbocycles. The molecule has 13 heteroatoms. The fourth-order valence-electron chi connectivity index (χ4n) is 7.06. The van der Waals surface area contributed by atoms with E-state index in [2.05, 4.69) is 0 Å². The molecule has 0 saturated heterocycles. The fourth-order valence-corrected chi connectivity index (χ4v) is 7.06. The Balaban J connectivity index is 1.69. The van der Waals surface area contributed by atoms with E-state index < -0.39 is 75.0 Å². The third kappa shape index (κ3) is 3.95. The van der Waals surface area contributed by atoms with Gasteiger partial charge in [-0.15, -0.1) is 0 Å². The number of phenols is 1. The number of hydrogen-bond donors (Lipinski definition) is 3. The lowest BCUT2D eigenvalue weighted by atomic mass is 9.52. The van der Waals surface area contributed by atoms with Gasteiger partial charge in [-0.25, -0.2) is 0 Å². The van der Waals surface area contributed by atoms with Crippen LogP contribution in [0.5, 0.6) is 5.75 Å². The second kappa shape index (κ2) is 9.81. The highest BCUT2D eigenvalue weighted by molar-refractivity contribution is 6.32. The number of Topliss-reactive ketones (excluding diaryl/α,β-unsaturated/α-hetero) is 4. The minimum absolute atomic E-state index is 0.0653. The van der Waals surface area contributed by atoms with E-state index in [1.54, 1.807) is 25.1 Å². The summed E-state index contributed by atoms with van der Waals surface area (Å²) in [6.45, 7) is 0. The number of amides is 1. The van der Waals surface area contributed by atoms with Crippen LogP contribution in [-0.2, 0) is 25.6 Å². The topological polar surface area (TPSA) is 201 Å². The number of aliphatic hydroxyl groups is 1. The standard InChI is InChI=1S/C29H30N4O9/c1-31(2)18-11-15(12-6-5-7-14(8-12)33(41)42)23(34)20-16(18)9-13-10-17-22(32(3)4)25(36)21(28(30)39)27(38)29(17,40)26(37)19(13)24(20)35/h5-8,11,13,17,19,21-22,34,40H,9-10H2,1-4H3,(H2,30,39)/t13-,17-,19?,21?,22-,29-/m0/s1. The van der Waals surface area contributed by atoms with Gasteiger partial charge in [0.15, 0.2) is 34.7 Å². The zero-order valence-electron chi connectivity index (χ0n) is 23.4. The van der Waals surface area contributed by atoms with E-state index in [-0.39, 0.29) is 35.2 Å². The number of primary amides is 1. The van der Waals surface area contributed by atoms with Crippen LogP contribution in [-0.4, -0.2) is 88.9 Å². The Labute approximate surface area is 240 Å². The molecule has 220 valence electrons. The first-order valence-electron chi connectivity index (χ1n) is 13.3. The molecule has 0 spiro atoms. The number of likely N-dealkylation sites (N-methyl/N-ethyl adjacent to an activating group) is 1. The lowest BCUT2D eigenvalue weighted by Gasteiger charge is -2.52. The Morgan fingerprint density at radius 3 is 2.33 bits per heavy atom. The van der Waals surface area contributed by atoms with Crippen molar-refractivity contribution < 1.29 is 39.1 Å². The molecule has 0 radical (unpaired) electrons. The van der Waals surface area contributed by atoms with Gasteiger partial charge >= 0.3 is 0 Å². The number of aromatic hydroxyl groups is 1. The van der Waals surface area contributed by atoms with E-state index in [0.717, 1.165) is 0 Å². The van der Waals surface area contributed by atoms with Gasteiger partial charge in [0.1, 0.15) is 5.75 Å². The molecule has 2 unspecified atom stereocenters. The lowest BCUT2D eigenvalue weighted by molar-refractivity contribution is -0.384. The summed E-state index contributed by atoms with van der Waals surface area (Å²) >= 11 is 0. The molecule has 0 aromatic heterocycles. The van der Waals surface area contributed by atoms with Crippen molar-refractivity contribution >= 4 is 40.4 Å². The van der Waals surface area contributed by atoms with Gasteiger partial charge < -0.3 is 20.8 Å². The first-order chi connectivity index (χ1) is 19.6. The Kier molecular flexibility index (Phi) is 6.78. The molecule has 1 amide bonds. The second-order valence-corrected chi connectivity index (χ2v) is 11.6. The molecule has 0 bridgehead atoms. The number of nitrogens with zero attached hydrogens (tertiary/aromatic N) is 3. The third-order valence-electron chi connectivity index (χ3n) is 8.89. The van der Waals surface area contributed by atoms with Crippen molar-refractivity contribution in [3.8, 4) is 16.9 Å². The summed E-state index contributed by atoms with van der Waals surface area (Å²) in [7, 11) is 6.48. The molecule has 0 heterocycles. The Morgan fingerprint density at radius 1 is 1.10 bits per heavy atom. The van der Waals surface area contributed by atoms with E-state index >= 15 is 0 Å². The number of non-ortho nitro benzene ring substituents is 1. The minimum Gasteiger partial charge on any atom is -0.507 e. The van der Waals surface area contributed by atoms with Crippen molar-refractivity contribution in [1.29, 1.82) is 0 Å². The molecular formula is C29H30N4O9. The van der Waals surface area contributed by atoms with Crippen LogP contribution in [0.3, 0.4) is 0 Å². The van der Waals surface area contributed by atoms with E-state index in [0.29, 0.717) is 11.3 Å². The zero-order chi connectivity index (χ0) is 31.0. The maximum absolute atomic E-state index is 14.1. The van der Waals surface area contributed by atoms with Gasteiger partial charge in [-0.3, -0.25) is 39.0 Å². The van der Waals surface area contributed by atoms with Crippen molar-refractivity contribution in [1.82, 2.24) is 4.90 Å². The largest absolute Gasteiger partial charge is 0.507 e. The van der Waals surface area contributed by atoms with Crippen LogP contribution in [0.2, 0.25) is 0 Å². The van der Waals surface area contributed by atoms with E-state index in [9.17, 15) is 44.3 Å². The smallest absolute Gasteiger partial charge is 0.270 e. The van der Waals surface area contributed by atoms with E-state index in [4.69, 9.17) is 5.73 Å². The monoisotopic (exact) mass is 578 g/mol. The highest BCUT2D eigenvalue weighted by Gasteiger charge is 2.69.